The highest BCUT2D eigenvalue weighted by Crippen LogP contribution is 2.24. The van der Waals surface area contributed by atoms with E-state index in [1.54, 1.807) is 0 Å². The topological polar surface area (TPSA) is 60.2 Å². The van der Waals surface area contributed by atoms with E-state index in [4.69, 9.17) is 16.3 Å². The van der Waals surface area contributed by atoms with Crippen molar-refractivity contribution in [3.63, 3.8) is 0 Å². The van der Waals surface area contributed by atoms with E-state index in [-0.39, 0.29) is 18.1 Å². The Bertz CT molecular complexity index is 740. The second-order valence-corrected chi connectivity index (χ2v) is 7.60. The van der Waals surface area contributed by atoms with Crippen LogP contribution in [0.15, 0.2) is 29.4 Å². The molecule has 1 aromatic heterocycles. The van der Waals surface area contributed by atoms with Gasteiger partial charge in [-0.1, -0.05) is 23.4 Å². The third-order valence-corrected chi connectivity index (χ3v) is 5.29. The summed E-state index contributed by atoms with van der Waals surface area (Å²) in [5.74, 6) is 1.19. The molecule has 3 rings (SSSR count). The van der Waals surface area contributed by atoms with Gasteiger partial charge in [-0.05, 0) is 38.1 Å². The molecule has 0 N–H and O–H groups in total. The van der Waals surface area contributed by atoms with Crippen LogP contribution in [0.2, 0.25) is 5.02 Å². The molecule has 1 fully saturated rings. The zero-order valence-corrected chi connectivity index (χ0v) is 16.0. The van der Waals surface area contributed by atoms with Crippen molar-refractivity contribution in [2.75, 3.05) is 18.8 Å². The normalized spacial score (nSPS) is 20.7. The molecule has 0 aliphatic carbocycles. The molecule has 0 saturated carbocycles. The first-order valence-corrected chi connectivity index (χ1v) is 9.51. The van der Waals surface area contributed by atoms with Gasteiger partial charge in [0.25, 0.3) is 0 Å². The number of hydrogen-bond donors (Lipinski definition) is 0. The van der Waals surface area contributed by atoms with E-state index in [0.29, 0.717) is 29.0 Å². The number of benzene rings is 1. The van der Waals surface area contributed by atoms with Crippen molar-refractivity contribution in [3.8, 4) is 11.4 Å². The summed E-state index contributed by atoms with van der Waals surface area (Å²) in [6.45, 7) is 5.26. The fraction of sp³-hybridized carbons (Fsp3) is 0.471. The van der Waals surface area contributed by atoms with Gasteiger partial charge in [0.15, 0.2) is 11.0 Å². The number of carbonyl (C=O) groups excluding carboxylic acids is 1. The van der Waals surface area contributed by atoms with Crippen LogP contribution in [-0.4, -0.2) is 56.6 Å². The minimum atomic E-state index is 0.0732. The van der Waals surface area contributed by atoms with E-state index in [2.05, 4.69) is 10.2 Å². The number of thioether (sulfide) groups is 1. The summed E-state index contributed by atoms with van der Waals surface area (Å²) in [5.41, 5.74) is 0.938. The lowest BCUT2D eigenvalue weighted by molar-refractivity contribution is -0.140. The van der Waals surface area contributed by atoms with Crippen LogP contribution in [0.1, 0.15) is 13.8 Å². The lowest BCUT2D eigenvalue weighted by Gasteiger charge is -2.35. The molecule has 0 spiro atoms. The minimum Gasteiger partial charge on any atom is -0.372 e. The number of carbonyl (C=O) groups is 1. The summed E-state index contributed by atoms with van der Waals surface area (Å²) in [5, 5.41) is 9.84. The summed E-state index contributed by atoms with van der Waals surface area (Å²) in [6, 6.07) is 7.45. The molecule has 6 nitrogen and oxygen atoms in total. The zero-order chi connectivity index (χ0) is 18.0. The van der Waals surface area contributed by atoms with Gasteiger partial charge in [0, 0.05) is 30.7 Å². The molecule has 0 radical (unpaired) electrons. The molecule has 8 heteroatoms. The van der Waals surface area contributed by atoms with Gasteiger partial charge in [-0.3, -0.25) is 4.79 Å². The Labute approximate surface area is 156 Å². The maximum Gasteiger partial charge on any atom is 0.233 e. The van der Waals surface area contributed by atoms with Crippen LogP contribution in [0.4, 0.5) is 0 Å². The van der Waals surface area contributed by atoms with E-state index in [1.165, 1.54) is 11.8 Å². The first-order valence-electron chi connectivity index (χ1n) is 8.15. The summed E-state index contributed by atoms with van der Waals surface area (Å²) in [7, 11) is 1.90. The Hall–Kier alpha value is -1.57. The molecule has 2 aromatic rings. The molecular weight excluding hydrogens is 360 g/mol. The van der Waals surface area contributed by atoms with Crippen molar-refractivity contribution in [3.05, 3.63) is 29.3 Å². The highest BCUT2D eigenvalue weighted by Gasteiger charge is 2.26. The maximum absolute atomic E-state index is 12.5. The molecule has 0 unspecified atom stereocenters. The van der Waals surface area contributed by atoms with Crippen molar-refractivity contribution in [2.24, 2.45) is 7.05 Å². The van der Waals surface area contributed by atoms with Crippen LogP contribution in [0.5, 0.6) is 0 Å². The first kappa shape index (κ1) is 18.2. The molecular formula is C17H21ClN4O2S. The van der Waals surface area contributed by atoms with E-state index in [1.807, 2.05) is 54.6 Å². The van der Waals surface area contributed by atoms with E-state index in [9.17, 15) is 4.79 Å². The molecule has 0 bridgehead atoms. The van der Waals surface area contributed by atoms with Gasteiger partial charge in [0.2, 0.25) is 5.91 Å². The van der Waals surface area contributed by atoms with Gasteiger partial charge in [-0.15, -0.1) is 10.2 Å². The van der Waals surface area contributed by atoms with Gasteiger partial charge in [-0.25, -0.2) is 0 Å². The summed E-state index contributed by atoms with van der Waals surface area (Å²) >= 11 is 7.33. The van der Waals surface area contributed by atoms with Crippen molar-refractivity contribution >= 4 is 29.3 Å². The number of ether oxygens (including phenoxy) is 1. The number of aromatic nitrogens is 3. The van der Waals surface area contributed by atoms with Crippen molar-refractivity contribution < 1.29 is 9.53 Å². The van der Waals surface area contributed by atoms with Crippen molar-refractivity contribution in [2.45, 2.75) is 31.2 Å². The predicted molar refractivity (Wildman–Crippen MR) is 98.8 cm³/mol. The smallest absolute Gasteiger partial charge is 0.233 e. The quantitative estimate of drug-likeness (QED) is 0.763. The number of halogens is 1. The Morgan fingerprint density at radius 2 is 1.88 bits per heavy atom. The predicted octanol–water partition coefficient (Wildman–Crippen LogP) is 2.86. The van der Waals surface area contributed by atoms with Gasteiger partial charge in [0.05, 0.1) is 18.0 Å². The highest BCUT2D eigenvalue weighted by molar-refractivity contribution is 7.99. The number of hydrogen-bond acceptors (Lipinski definition) is 5. The first-order chi connectivity index (χ1) is 11.9. The van der Waals surface area contributed by atoms with Crippen LogP contribution < -0.4 is 0 Å². The Morgan fingerprint density at radius 1 is 1.24 bits per heavy atom. The van der Waals surface area contributed by atoms with Gasteiger partial charge in [-0.2, -0.15) is 0 Å². The van der Waals surface area contributed by atoms with Crippen molar-refractivity contribution in [1.29, 1.82) is 0 Å². The standard InChI is InChI=1S/C17H21ClN4O2S/c1-11-8-22(9-12(2)24-11)15(23)10-25-17-20-19-16(21(17)3)13-4-6-14(18)7-5-13/h4-7,11-12H,8-10H2,1-3H3/t11-,12+. The summed E-state index contributed by atoms with van der Waals surface area (Å²) in [4.78, 5) is 14.3. The highest BCUT2D eigenvalue weighted by atomic mass is 35.5. The minimum absolute atomic E-state index is 0.0732. The fourth-order valence-corrected chi connectivity index (χ4v) is 3.83. The number of rotatable bonds is 4. The SMILES string of the molecule is C[C@@H]1CN(C(=O)CSc2nnc(-c3ccc(Cl)cc3)n2C)C[C@H](C)O1. The second kappa shape index (κ2) is 7.76. The van der Waals surface area contributed by atoms with Gasteiger partial charge < -0.3 is 14.2 Å². The van der Waals surface area contributed by atoms with Crippen LogP contribution in [0.25, 0.3) is 11.4 Å². The largest absolute Gasteiger partial charge is 0.372 e. The lowest BCUT2D eigenvalue weighted by Crippen LogP contribution is -2.48. The molecule has 25 heavy (non-hydrogen) atoms. The van der Waals surface area contributed by atoms with E-state index < -0.39 is 0 Å². The monoisotopic (exact) mass is 380 g/mol. The molecule has 134 valence electrons. The van der Waals surface area contributed by atoms with Crippen LogP contribution >= 0.6 is 23.4 Å². The van der Waals surface area contributed by atoms with Crippen LogP contribution in [0.3, 0.4) is 0 Å². The van der Waals surface area contributed by atoms with E-state index >= 15 is 0 Å². The van der Waals surface area contributed by atoms with Crippen LogP contribution in [-0.2, 0) is 16.6 Å². The average Bonchev–Trinajstić information content (AvgIpc) is 2.93. The molecule has 1 amide bonds. The second-order valence-electron chi connectivity index (χ2n) is 6.22. The Balaban J connectivity index is 1.64. The molecule has 2 heterocycles. The van der Waals surface area contributed by atoms with Crippen molar-refractivity contribution in [1.82, 2.24) is 19.7 Å². The lowest BCUT2D eigenvalue weighted by atomic mass is 10.2. The summed E-state index contributed by atoms with van der Waals surface area (Å²) < 4.78 is 7.57. The third kappa shape index (κ3) is 4.34. The molecule has 1 saturated heterocycles. The molecule has 2 atom stereocenters. The fourth-order valence-electron chi connectivity index (χ4n) is 2.89. The zero-order valence-electron chi connectivity index (χ0n) is 14.5. The molecule has 1 aliphatic heterocycles. The Morgan fingerprint density at radius 3 is 2.52 bits per heavy atom. The Kier molecular flexibility index (Phi) is 5.66. The number of nitrogens with zero attached hydrogens (tertiary/aromatic N) is 4. The number of amides is 1. The molecule has 1 aromatic carbocycles. The average molecular weight is 381 g/mol. The maximum atomic E-state index is 12.5. The van der Waals surface area contributed by atoms with Gasteiger partial charge >= 0.3 is 0 Å². The van der Waals surface area contributed by atoms with E-state index in [0.717, 1.165) is 11.4 Å². The van der Waals surface area contributed by atoms with Gasteiger partial charge in [0.1, 0.15) is 0 Å². The number of morpholine rings is 1. The summed E-state index contributed by atoms with van der Waals surface area (Å²) in [6.07, 6.45) is 0.146. The molecule has 1 aliphatic rings. The third-order valence-electron chi connectivity index (χ3n) is 4.03. The van der Waals surface area contributed by atoms with Crippen LogP contribution in [0, 0.1) is 0 Å².